The Hall–Kier alpha value is -2.44. The first-order valence-corrected chi connectivity index (χ1v) is 14.8. The summed E-state index contributed by atoms with van der Waals surface area (Å²) < 4.78 is 31.3. The van der Waals surface area contributed by atoms with Crippen molar-refractivity contribution < 1.29 is 23.1 Å². The first-order valence-electron chi connectivity index (χ1n) is 11.8. The number of imidazole rings is 1. The number of fused-ring (bicyclic) bond motifs is 1. The lowest BCUT2D eigenvalue weighted by Crippen LogP contribution is -2.44. The minimum atomic E-state index is -4.11. The predicted octanol–water partition coefficient (Wildman–Crippen LogP) is 5.07. The SMILES string of the molecule is C[C@@]1(Cc2ccc(Br)cc2)C(=O)N(c2cc(Cl)cc(Cl)c2)c2ncc(S(=O)(=O)N3CCC(C(=O)O)CC3)n21. The van der Waals surface area contributed by atoms with Gasteiger partial charge in [0.25, 0.3) is 15.9 Å². The third-order valence-electron chi connectivity index (χ3n) is 7.04. The molecule has 0 bridgehead atoms. The summed E-state index contributed by atoms with van der Waals surface area (Å²) in [5, 5.41) is 9.82. The molecule has 2 aromatic carbocycles. The molecule has 0 spiro atoms. The van der Waals surface area contributed by atoms with Gasteiger partial charge in [0.2, 0.25) is 5.95 Å². The molecule has 1 N–H and O–H groups in total. The van der Waals surface area contributed by atoms with Crippen molar-refractivity contribution in [1.82, 2.24) is 13.9 Å². The van der Waals surface area contributed by atoms with Gasteiger partial charge in [-0.05, 0) is 55.7 Å². The van der Waals surface area contributed by atoms with E-state index in [9.17, 15) is 23.1 Å². The van der Waals surface area contributed by atoms with Crippen LogP contribution in [0.25, 0.3) is 0 Å². The number of anilines is 2. The summed E-state index contributed by atoms with van der Waals surface area (Å²) in [5.41, 5.74) is -0.165. The van der Waals surface area contributed by atoms with Gasteiger partial charge in [0.1, 0.15) is 5.54 Å². The number of benzene rings is 2. The Bertz CT molecular complexity index is 1520. The Balaban J connectivity index is 1.62. The molecule has 1 atom stereocenters. The number of nitrogens with zero attached hydrogens (tertiary/aromatic N) is 4. The van der Waals surface area contributed by atoms with Crippen LogP contribution < -0.4 is 4.90 Å². The highest BCUT2D eigenvalue weighted by atomic mass is 79.9. The van der Waals surface area contributed by atoms with Gasteiger partial charge in [-0.25, -0.2) is 18.3 Å². The maximum absolute atomic E-state index is 14.1. The average Bonchev–Trinajstić information content (AvgIpc) is 3.39. The minimum absolute atomic E-state index is 0.0603. The number of aliphatic carboxylic acids is 1. The van der Waals surface area contributed by atoms with Crippen LogP contribution in [0.2, 0.25) is 10.0 Å². The third-order valence-corrected chi connectivity index (χ3v) is 9.87. The molecule has 9 nitrogen and oxygen atoms in total. The molecule has 0 unspecified atom stereocenters. The van der Waals surface area contributed by atoms with Crippen LogP contribution in [-0.2, 0) is 31.6 Å². The van der Waals surface area contributed by atoms with Crippen molar-refractivity contribution in [2.45, 2.75) is 36.8 Å². The first kappa shape index (κ1) is 27.1. The van der Waals surface area contributed by atoms with Crippen molar-refractivity contribution in [3.05, 3.63) is 68.7 Å². The molecule has 3 aromatic rings. The molecule has 2 aliphatic heterocycles. The van der Waals surface area contributed by atoms with Crippen LogP contribution in [0.15, 0.2) is 58.2 Å². The number of hydrogen-bond donors (Lipinski definition) is 1. The summed E-state index contributed by atoms with van der Waals surface area (Å²) in [6.07, 6.45) is 1.85. The van der Waals surface area contributed by atoms with Crippen LogP contribution >= 0.6 is 39.1 Å². The van der Waals surface area contributed by atoms with Gasteiger partial charge in [0.05, 0.1) is 17.8 Å². The Morgan fingerprint density at radius 3 is 2.32 bits per heavy atom. The number of aromatic nitrogens is 2. The van der Waals surface area contributed by atoms with E-state index in [0.717, 1.165) is 10.0 Å². The zero-order chi connectivity index (χ0) is 27.4. The van der Waals surface area contributed by atoms with Crippen molar-refractivity contribution >= 4 is 72.7 Å². The van der Waals surface area contributed by atoms with Gasteiger partial charge >= 0.3 is 5.97 Å². The third kappa shape index (κ3) is 4.64. The van der Waals surface area contributed by atoms with E-state index in [2.05, 4.69) is 20.9 Å². The Kier molecular flexibility index (Phi) is 7.10. The van der Waals surface area contributed by atoms with Gasteiger partial charge < -0.3 is 5.11 Å². The fraction of sp³-hybridized carbons (Fsp3) is 0.320. The molecule has 0 saturated carbocycles. The van der Waals surface area contributed by atoms with E-state index in [1.54, 1.807) is 19.1 Å². The molecule has 38 heavy (non-hydrogen) atoms. The highest BCUT2D eigenvalue weighted by Crippen LogP contribution is 2.45. The molecule has 1 fully saturated rings. The zero-order valence-electron chi connectivity index (χ0n) is 20.1. The number of hydrogen-bond acceptors (Lipinski definition) is 5. The van der Waals surface area contributed by atoms with Crippen LogP contribution in [-0.4, -0.2) is 52.3 Å². The van der Waals surface area contributed by atoms with Crippen molar-refractivity contribution in [1.29, 1.82) is 0 Å². The molecular formula is C25H23BrCl2N4O5S. The Labute approximate surface area is 238 Å². The number of carboxylic acid groups (broad SMARTS) is 1. The molecule has 1 amide bonds. The summed E-state index contributed by atoms with van der Waals surface area (Å²) in [7, 11) is -4.11. The van der Waals surface area contributed by atoms with Crippen LogP contribution in [0.5, 0.6) is 0 Å². The fourth-order valence-corrected chi connectivity index (χ4v) is 7.52. The topological polar surface area (TPSA) is 113 Å². The van der Waals surface area contributed by atoms with Gasteiger partial charge in [-0.2, -0.15) is 4.31 Å². The van der Waals surface area contributed by atoms with Crippen LogP contribution in [0.4, 0.5) is 11.6 Å². The quantitative estimate of drug-likeness (QED) is 0.402. The van der Waals surface area contributed by atoms with E-state index in [-0.39, 0.29) is 49.2 Å². The second kappa shape index (κ2) is 9.95. The minimum Gasteiger partial charge on any atom is -0.481 e. The lowest BCUT2D eigenvalue weighted by molar-refractivity contribution is -0.143. The summed E-state index contributed by atoms with van der Waals surface area (Å²) in [5.74, 6) is -1.78. The van der Waals surface area contributed by atoms with E-state index in [1.807, 2.05) is 24.3 Å². The lowest BCUT2D eigenvalue weighted by atomic mass is 9.92. The second-order valence-corrected chi connectivity index (χ2v) is 13.3. The van der Waals surface area contributed by atoms with Gasteiger partial charge in [0.15, 0.2) is 5.03 Å². The van der Waals surface area contributed by atoms with Crippen molar-refractivity contribution in [3.8, 4) is 0 Å². The number of piperidine rings is 1. The van der Waals surface area contributed by atoms with Crippen LogP contribution in [0.1, 0.15) is 25.3 Å². The molecule has 3 heterocycles. The molecule has 2 aliphatic rings. The maximum Gasteiger partial charge on any atom is 0.306 e. The number of halogens is 3. The van der Waals surface area contributed by atoms with E-state index in [1.165, 1.54) is 26.0 Å². The molecular weight excluding hydrogens is 619 g/mol. The molecule has 5 rings (SSSR count). The summed E-state index contributed by atoms with van der Waals surface area (Å²) in [6, 6.07) is 12.1. The van der Waals surface area contributed by atoms with Crippen molar-refractivity contribution in [2.24, 2.45) is 5.92 Å². The van der Waals surface area contributed by atoms with E-state index >= 15 is 0 Å². The second-order valence-electron chi connectivity index (χ2n) is 9.59. The summed E-state index contributed by atoms with van der Waals surface area (Å²) >= 11 is 15.9. The number of carbonyl (C=O) groups excluding carboxylic acids is 1. The smallest absolute Gasteiger partial charge is 0.306 e. The zero-order valence-corrected chi connectivity index (χ0v) is 24.1. The number of carbonyl (C=O) groups is 2. The fourth-order valence-electron chi connectivity index (χ4n) is 5.09. The molecule has 0 aliphatic carbocycles. The van der Waals surface area contributed by atoms with Crippen molar-refractivity contribution in [3.63, 3.8) is 0 Å². The first-order chi connectivity index (χ1) is 17.9. The Morgan fingerprint density at radius 2 is 1.74 bits per heavy atom. The highest BCUT2D eigenvalue weighted by Gasteiger charge is 2.52. The van der Waals surface area contributed by atoms with E-state index in [0.29, 0.717) is 15.7 Å². The van der Waals surface area contributed by atoms with Crippen molar-refractivity contribution in [2.75, 3.05) is 18.0 Å². The molecule has 13 heteroatoms. The monoisotopic (exact) mass is 640 g/mol. The summed E-state index contributed by atoms with van der Waals surface area (Å²) in [6.45, 7) is 1.81. The molecule has 0 radical (unpaired) electrons. The number of rotatable bonds is 6. The largest absolute Gasteiger partial charge is 0.481 e. The van der Waals surface area contributed by atoms with E-state index in [4.69, 9.17) is 23.2 Å². The van der Waals surface area contributed by atoms with E-state index < -0.39 is 27.4 Å². The average molecular weight is 642 g/mol. The molecule has 1 aromatic heterocycles. The lowest BCUT2D eigenvalue weighted by Gasteiger charge is -2.31. The number of amides is 1. The molecule has 200 valence electrons. The number of carboxylic acids is 1. The number of sulfonamides is 1. The normalized spacial score (nSPS) is 20.6. The van der Waals surface area contributed by atoms with Gasteiger partial charge in [-0.1, -0.05) is 51.3 Å². The van der Waals surface area contributed by atoms with Gasteiger partial charge in [-0.15, -0.1) is 0 Å². The summed E-state index contributed by atoms with van der Waals surface area (Å²) in [4.78, 5) is 31.2. The maximum atomic E-state index is 14.1. The predicted molar refractivity (Wildman–Crippen MR) is 146 cm³/mol. The van der Waals surface area contributed by atoms with Gasteiger partial charge in [-0.3, -0.25) is 14.2 Å². The van der Waals surface area contributed by atoms with Gasteiger partial charge in [0, 0.05) is 34.0 Å². The molecule has 1 saturated heterocycles. The van der Waals surface area contributed by atoms with Crippen LogP contribution in [0, 0.1) is 5.92 Å². The Morgan fingerprint density at radius 1 is 1.13 bits per heavy atom. The standard InChI is InChI=1S/C25H23BrCl2N4O5S/c1-25(13-15-2-4-17(26)5-3-15)23(35)31(20-11-18(27)10-19(28)12-20)24-29-14-21(32(24)25)38(36,37)30-8-6-16(7-9-30)22(33)34/h2-5,10-12,14,16H,6-9,13H2,1H3,(H,33,34)/t25-/m1/s1. The van der Waals surface area contributed by atoms with Crippen LogP contribution in [0.3, 0.4) is 0 Å². The highest BCUT2D eigenvalue weighted by molar-refractivity contribution is 9.10.